The highest BCUT2D eigenvalue weighted by atomic mass is 16.5. The molecule has 2 unspecified atom stereocenters. The Balaban J connectivity index is 1.84. The van der Waals surface area contributed by atoms with E-state index >= 15 is 0 Å². The summed E-state index contributed by atoms with van der Waals surface area (Å²) in [6.45, 7) is 2.77. The SMILES string of the molecule is CC(N)C(OCCC1CCC1)c1ccccn1. The maximum Gasteiger partial charge on any atom is 0.114 e. The lowest BCUT2D eigenvalue weighted by Crippen LogP contribution is -2.28. The van der Waals surface area contributed by atoms with Gasteiger partial charge in [-0.05, 0) is 31.4 Å². The highest BCUT2D eigenvalue weighted by Crippen LogP contribution is 2.30. The van der Waals surface area contributed by atoms with Crippen molar-refractivity contribution >= 4 is 0 Å². The van der Waals surface area contributed by atoms with E-state index in [2.05, 4.69) is 4.98 Å². The van der Waals surface area contributed by atoms with Gasteiger partial charge in [-0.3, -0.25) is 4.98 Å². The van der Waals surface area contributed by atoms with Gasteiger partial charge in [0.05, 0.1) is 5.69 Å². The summed E-state index contributed by atoms with van der Waals surface area (Å²) in [5.74, 6) is 0.882. The van der Waals surface area contributed by atoms with Crippen LogP contribution < -0.4 is 5.73 Å². The van der Waals surface area contributed by atoms with Gasteiger partial charge in [0.2, 0.25) is 0 Å². The molecule has 1 fully saturated rings. The lowest BCUT2D eigenvalue weighted by molar-refractivity contribution is 0.0220. The van der Waals surface area contributed by atoms with Crippen LogP contribution in [-0.4, -0.2) is 17.6 Å². The van der Waals surface area contributed by atoms with Gasteiger partial charge in [-0.15, -0.1) is 0 Å². The Kier molecular flexibility index (Phi) is 4.51. The Hall–Kier alpha value is -0.930. The van der Waals surface area contributed by atoms with Crippen molar-refractivity contribution in [3.8, 4) is 0 Å². The van der Waals surface area contributed by atoms with Gasteiger partial charge in [-0.1, -0.05) is 25.3 Å². The lowest BCUT2D eigenvalue weighted by atomic mass is 9.83. The van der Waals surface area contributed by atoms with E-state index in [4.69, 9.17) is 10.5 Å². The Bertz CT molecular complexity index is 322. The number of hydrogen-bond acceptors (Lipinski definition) is 3. The smallest absolute Gasteiger partial charge is 0.114 e. The quantitative estimate of drug-likeness (QED) is 0.823. The van der Waals surface area contributed by atoms with Gasteiger partial charge in [0.1, 0.15) is 6.10 Å². The minimum atomic E-state index is -0.0729. The minimum absolute atomic E-state index is 0.0220. The summed E-state index contributed by atoms with van der Waals surface area (Å²) in [7, 11) is 0. The normalized spacial score (nSPS) is 19.6. The average Bonchev–Trinajstić information content (AvgIpc) is 2.27. The summed E-state index contributed by atoms with van der Waals surface area (Å²) in [5, 5.41) is 0. The molecule has 0 saturated heterocycles. The molecule has 1 aromatic rings. The van der Waals surface area contributed by atoms with Crippen LogP contribution in [0.15, 0.2) is 24.4 Å². The fourth-order valence-corrected chi connectivity index (χ4v) is 2.19. The number of ether oxygens (including phenoxy) is 1. The van der Waals surface area contributed by atoms with E-state index in [9.17, 15) is 0 Å². The van der Waals surface area contributed by atoms with Crippen molar-refractivity contribution in [2.24, 2.45) is 11.7 Å². The Morgan fingerprint density at radius 2 is 2.29 bits per heavy atom. The summed E-state index contributed by atoms with van der Waals surface area (Å²) < 4.78 is 5.91. The third-order valence-electron chi connectivity index (χ3n) is 3.51. The highest BCUT2D eigenvalue weighted by Gasteiger charge is 2.21. The van der Waals surface area contributed by atoms with E-state index in [-0.39, 0.29) is 12.1 Å². The molecule has 3 nitrogen and oxygen atoms in total. The molecule has 94 valence electrons. The van der Waals surface area contributed by atoms with E-state index in [1.807, 2.05) is 25.1 Å². The van der Waals surface area contributed by atoms with Crippen molar-refractivity contribution in [1.29, 1.82) is 0 Å². The molecule has 1 aliphatic carbocycles. The van der Waals surface area contributed by atoms with Crippen LogP contribution in [0.2, 0.25) is 0 Å². The van der Waals surface area contributed by atoms with Crippen molar-refractivity contribution in [3.05, 3.63) is 30.1 Å². The van der Waals surface area contributed by atoms with Crippen molar-refractivity contribution in [2.75, 3.05) is 6.61 Å². The largest absolute Gasteiger partial charge is 0.370 e. The molecular formula is C14H22N2O. The van der Waals surface area contributed by atoms with Crippen molar-refractivity contribution in [3.63, 3.8) is 0 Å². The second-order valence-corrected chi connectivity index (χ2v) is 4.99. The van der Waals surface area contributed by atoms with Crippen molar-refractivity contribution in [2.45, 2.75) is 44.8 Å². The topological polar surface area (TPSA) is 48.1 Å². The van der Waals surface area contributed by atoms with Gasteiger partial charge in [0.25, 0.3) is 0 Å². The van der Waals surface area contributed by atoms with Crippen LogP contribution in [0.4, 0.5) is 0 Å². The predicted octanol–water partition coefficient (Wildman–Crippen LogP) is 2.68. The van der Waals surface area contributed by atoms with E-state index < -0.39 is 0 Å². The monoisotopic (exact) mass is 234 g/mol. The van der Waals surface area contributed by atoms with Crippen molar-refractivity contribution in [1.82, 2.24) is 4.98 Å². The zero-order chi connectivity index (χ0) is 12.1. The first-order chi connectivity index (χ1) is 8.27. The number of nitrogens with zero attached hydrogens (tertiary/aromatic N) is 1. The molecule has 2 rings (SSSR count). The Morgan fingerprint density at radius 1 is 1.47 bits per heavy atom. The standard InChI is InChI=1S/C14H22N2O/c1-11(15)14(13-7-2-3-9-16-13)17-10-8-12-5-4-6-12/h2-3,7,9,11-12,14H,4-6,8,10,15H2,1H3. The molecule has 3 heteroatoms. The van der Waals surface area contributed by atoms with Crippen LogP contribution in [0.3, 0.4) is 0 Å². The van der Waals surface area contributed by atoms with Crippen LogP contribution >= 0.6 is 0 Å². The van der Waals surface area contributed by atoms with Gasteiger partial charge in [0.15, 0.2) is 0 Å². The Morgan fingerprint density at radius 3 is 2.82 bits per heavy atom. The first-order valence-electron chi connectivity index (χ1n) is 6.55. The second kappa shape index (κ2) is 6.12. The number of rotatable bonds is 6. The Labute approximate surface area is 103 Å². The molecule has 0 spiro atoms. The van der Waals surface area contributed by atoms with E-state index in [0.29, 0.717) is 0 Å². The number of pyridine rings is 1. The molecule has 1 aromatic heterocycles. The maximum atomic E-state index is 5.97. The summed E-state index contributed by atoms with van der Waals surface area (Å²) in [4.78, 5) is 4.33. The van der Waals surface area contributed by atoms with Gasteiger partial charge < -0.3 is 10.5 Å². The summed E-state index contributed by atoms with van der Waals surface area (Å²) in [5.41, 5.74) is 6.91. The summed E-state index contributed by atoms with van der Waals surface area (Å²) >= 11 is 0. The van der Waals surface area contributed by atoms with Crippen LogP contribution in [0.5, 0.6) is 0 Å². The number of nitrogens with two attached hydrogens (primary N) is 1. The molecule has 2 atom stereocenters. The molecule has 0 aromatic carbocycles. The van der Waals surface area contributed by atoms with Gasteiger partial charge >= 0.3 is 0 Å². The van der Waals surface area contributed by atoms with Crippen molar-refractivity contribution < 1.29 is 4.74 Å². The molecule has 2 N–H and O–H groups in total. The molecule has 1 heterocycles. The van der Waals surface area contributed by atoms with Gasteiger partial charge in [-0.25, -0.2) is 0 Å². The second-order valence-electron chi connectivity index (χ2n) is 4.99. The number of aromatic nitrogens is 1. The van der Waals surface area contributed by atoms with Crippen LogP contribution in [0.25, 0.3) is 0 Å². The molecule has 0 amide bonds. The van der Waals surface area contributed by atoms with Crippen LogP contribution in [0.1, 0.15) is 44.4 Å². The number of hydrogen-bond donors (Lipinski definition) is 1. The van der Waals surface area contributed by atoms with Gasteiger partial charge in [-0.2, -0.15) is 0 Å². The van der Waals surface area contributed by atoms with Crippen LogP contribution in [-0.2, 0) is 4.74 Å². The molecule has 0 radical (unpaired) electrons. The van der Waals surface area contributed by atoms with E-state index in [0.717, 1.165) is 24.6 Å². The fraction of sp³-hybridized carbons (Fsp3) is 0.643. The first-order valence-corrected chi connectivity index (χ1v) is 6.55. The van der Waals surface area contributed by atoms with E-state index in [1.165, 1.54) is 19.3 Å². The first kappa shape index (κ1) is 12.5. The molecule has 1 aliphatic rings. The van der Waals surface area contributed by atoms with E-state index in [1.54, 1.807) is 6.20 Å². The molecule has 1 saturated carbocycles. The zero-order valence-electron chi connectivity index (χ0n) is 10.5. The summed E-state index contributed by atoms with van der Waals surface area (Å²) in [6, 6.07) is 5.85. The van der Waals surface area contributed by atoms with Gasteiger partial charge in [0, 0.05) is 18.8 Å². The third-order valence-corrected chi connectivity index (χ3v) is 3.51. The maximum absolute atomic E-state index is 5.97. The minimum Gasteiger partial charge on any atom is -0.370 e. The molecule has 0 bridgehead atoms. The molecule has 0 aliphatic heterocycles. The third kappa shape index (κ3) is 3.51. The summed E-state index contributed by atoms with van der Waals surface area (Å²) in [6.07, 6.45) is 7.01. The van der Waals surface area contributed by atoms with Crippen LogP contribution in [0, 0.1) is 5.92 Å². The predicted molar refractivity (Wildman–Crippen MR) is 68.5 cm³/mol. The average molecular weight is 234 g/mol. The fourth-order valence-electron chi connectivity index (χ4n) is 2.19. The highest BCUT2D eigenvalue weighted by molar-refractivity contribution is 5.08. The lowest BCUT2D eigenvalue weighted by Gasteiger charge is -2.27. The zero-order valence-corrected chi connectivity index (χ0v) is 10.5. The molecular weight excluding hydrogens is 212 g/mol. The molecule has 17 heavy (non-hydrogen) atoms.